The maximum atomic E-state index is 6.51. The van der Waals surface area contributed by atoms with E-state index in [1.54, 1.807) is 11.3 Å². The first-order chi connectivity index (χ1) is 10.2. The minimum atomic E-state index is -0.177. The Bertz CT molecular complexity index is 686. The van der Waals surface area contributed by atoms with Gasteiger partial charge in [0.2, 0.25) is 0 Å². The highest BCUT2D eigenvalue weighted by atomic mass is 32.1. The van der Waals surface area contributed by atoms with E-state index in [1.165, 1.54) is 29.7 Å². The molecule has 1 aliphatic carbocycles. The van der Waals surface area contributed by atoms with Crippen LogP contribution in [0.25, 0.3) is 11.3 Å². The van der Waals surface area contributed by atoms with Gasteiger partial charge in [0.25, 0.3) is 0 Å². The molecule has 1 aromatic heterocycles. The van der Waals surface area contributed by atoms with Gasteiger partial charge in [-0.3, -0.25) is 0 Å². The predicted molar refractivity (Wildman–Crippen MR) is 86.7 cm³/mol. The number of hydrogen-bond acceptors (Lipinski definition) is 4. The molecule has 2 heterocycles. The molecule has 2 aromatic rings. The Morgan fingerprint density at radius 2 is 2.10 bits per heavy atom. The average molecular weight is 300 g/mol. The third-order valence-electron chi connectivity index (χ3n) is 4.73. The van der Waals surface area contributed by atoms with E-state index in [0.29, 0.717) is 5.13 Å². The molecule has 1 saturated carbocycles. The molecule has 1 aromatic carbocycles. The fourth-order valence-corrected chi connectivity index (χ4v) is 4.64. The fraction of sp³-hybridized carbons (Fsp3) is 0.471. The molecule has 4 heteroatoms. The van der Waals surface area contributed by atoms with Crippen LogP contribution in [0.4, 0.5) is 5.13 Å². The summed E-state index contributed by atoms with van der Waals surface area (Å²) < 4.78 is 6.51. The minimum Gasteiger partial charge on any atom is -0.481 e. The first-order valence-corrected chi connectivity index (χ1v) is 8.62. The van der Waals surface area contributed by atoms with Crippen molar-refractivity contribution in [3.8, 4) is 17.0 Å². The summed E-state index contributed by atoms with van der Waals surface area (Å²) in [5.41, 5.74) is 9.35. The highest BCUT2D eigenvalue weighted by Crippen LogP contribution is 2.53. The molecule has 2 N–H and O–H groups in total. The molecule has 1 aliphatic heterocycles. The number of fused-ring (bicyclic) bond motifs is 4. The number of nitrogens with zero attached hydrogens (tertiary/aromatic N) is 1. The Morgan fingerprint density at radius 1 is 1.29 bits per heavy atom. The van der Waals surface area contributed by atoms with Gasteiger partial charge in [-0.05, 0) is 49.8 Å². The molecule has 2 aliphatic rings. The lowest BCUT2D eigenvalue weighted by Gasteiger charge is -2.40. The fourth-order valence-electron chi connectivity index (χ4n) is 3.61. The Hall–Kier alpha value is -1.55. The van der Waals surface area contributed by atoms with E-state index < -0.39 is 0 Å². The normalized spacial score (nSPS) is 18.9. The van der Waals surface area contributed by atoms with Crippen molar-refractivity contribution in [2.45, 2.75) is 51.0 Å². The SMILES string of the molecule is CCc1ccc2c(c1)-c1nc(N)sc1C1(CCCCC1)O2. The lowest BCUT2D eigenvalue weighted by Crippen LogP contribution is -2.37. The quantitative estimate of drug-likeness (QED) is 0.843. The van der Waals surface area contributed by atoms with Crippen molar-refractivity contribution in [3.05, 3.63) is 28.6 Å². The number of benzene rings is 1. The van der Waals surface area contributed by atoms with Gasteiger partial charge in [-0.2, -0.15) is 0 Å². The standard InChI is InChI=1S/C17H20N2OS/c1-2-11-6-7-13-12(10-11)14-15(21-16(18)19-14)17(20-13)8-4-3-5-9-17/h6-7,10H,2-5,8-9H2,1H3,(H2,18,19). The van der Waals surface area contributed by atoms with Crippen LogP contribution >= 0.6 is 11.3 Å². The van der Waals surface area contributed by atoms with Crippen LogP contribution in [0.3, 0.4) is 0 Å². The zero-order valence-corrected chi connectivity index (χ0v) is 13.1. The van der Waals surface area contributed by atoms with Crippen molar-refractivity contribution in [2.24, 2.45) is 0 Å². The third-order valence-corrected chi connectivity index (χ3v) is 5.80. The van der Waals surface area contributed by atoms with E-state index in [1.807, 2.05) is 0 Å². The molecule has 1 fully saturated rings. The molecule has 0 saturated heterocycles. The second-order valence-electron chi connectivity index (χ2n) is 6.07. The number of nitrogens with two attached hydrogens (primary N) is 1. The van der Waals surface area contributed by atoms with Crippen LogP contribution < -0.4 is 10.5 Å². The van der Waals surface area contributed by atoms with E-state index >= 15 is 0 Å². The van der Waals surface area contributed by atoms with Gasteiger partial charge in [0, 0.05) is 5.56 Å². The maximum Gasteiger partial charge on any atom is 0.180 e. The van der Waals surface area contributed by atoms with Crippen molar-refractivity contribution in [2.75, 3.05) is 5.73 Å². The number of thiazole rings is 1. The zero-order valence-electron chi connectivity index (χ0n) is 12.3. The van der Waals surface area contributed by atoms with Crippen LogP contribution in [-0.4, -0.2) is 4.98 Å². The van der Waals surface area contributed by atoms with Gasteiger partial charge in [0.15, 0.2) is 5.13 Å². The Kier molecular flexibility index (Phi) is 2.96. The Balaban J connectivity index is 1.91. The average Bonchev–Trinajstić information content (AvgIpc) is 2.91. The van der Waals surface area contributed by atoms with Crippen LogP contribution in [0.5, 0.6) is 5.75 Å². The number of rotatable bonds is 1. The summed E-state index contributed by atoms with van der Waals surface area (Å²) in [5, 5.41) is 0.656. The molecular weight excluding hydrogens is 280 g/mol. The van der Waals surface area contributed by atoms with Gasteiger partial charge < -0.3 is 10.5 Å². The highest BCUT2D eigenvalue weighted by molar-refractivity contribution is 7.16. The molecular formula is C17H20N2OS. The van der Waals surface area contributed by atoms with Crippen LogP contribution in [-0.2, 0) is 12.0 Å². The largest absolute Gasteiger partial charge is 0.481 e. The number of ether oxygens (including phenoxy) is 1. The van der Waals surface area contributed by atoms with Gasteiger partial charge in [-0.15, -0.1) is 0 Å². The summed E-state index contributed by atoms with van der Waals surface area (Å²) in [5.74, 6) is 0.979. The first kappa shape index (κ1) is 13.1. The van der Waals surface area contributed by atoms with E-state index in [4.69, 9.17) is 10.5 Å². The van der Waals surface area contributed by atoms with Gasteiger partial charge >= 0.3 is 0 Å². The van der Waals surface area contributed by atoms with Crippen molar-refractivity contribution in [3.63, 3.8) is 0 Å². The number of nitrogen functional groups attached to an aromatic ring is 1. The highest BCUT2D eigenvalue weighted by Gasteiger charge is 2.44. The van der Waals surface area contributed by atoms with Gasteiger partial charge in [0.1, 0.15) is 11.4 Å². The second kappa shape index (κ2) is 4.73. The molecule has 110 valence electrons. The summed E-state index contributed by atoms with van der Waals surface area (Å²) >= 11 is 1.61. The van der Waals surface area contributed by atoms with Crippen molar-refractivity contribution in [1.29, 1.82) is 0 Å². The first-order valence-electron chi connectivity index (χ1n) is 7.81. The lowest BCUT2D eigenvalue weighted by atomic mass is 9.80. The summed E-state index contributed by atoms with van der Waals surface area (Å²) in [7, 11) is 0. The van der Waals surface area contributed by atoms with E-state index in [2.05, 4.69) is 30.1 Å². The summed E-state index contributed by atoms with van der Waals surface area (Å²) in [6.07, 6.45) is 6.93. The zero-order chi connectivity index (χ0) is 14.4. The molecule has 0 unspecified atom stereocenters. The van der Waals surface area contributed by atoms with Crippen molar-refractivity contribution < 1.29 is 4.74 Å². The predicted octanol–water partition coefficient (Wildman–Crippen LogP) is 4.51. The topological polar surface area (TPSA) is 48.1 Å². The molecule has 21 heavy (non-hydrogen) atoms. The number of anilines is 1. The molecule has 3 nitrogen and oxygen atoms in total. The second-order valence-corrected chi connectivity index (χ2v) is 7.10. The molecule has 0 radical (unpaired) electrons. The van der Waals surface area contributed by atoms with Gasteiger partial charge in [-0.1, -0.05) is 30.7 Å². The summed E-state index contributed by atoms with van der Waals surface area (Å²) in [4.78, 5) is 5.88. The van der Waals surface area contributed by atoms with Crippen LogP contribution in [0.2, 0.25) is 0 Å². The third kappa shape index (κ3) is 1.96. The molecule has 0 bridgehead atoms. The summed E-state index contributed by atoms with van der Waals surface area (Å²) in [6, 6.07) is 6.49. The number of hydrogen-bond donors (Lipinski definition) is 1. The maximum absolute atomic E-state index is 6.51. The number of aromatic nitrogens is 1. The van der Waals surface area contributed by atoms with E-state index in [-0.39, 0.29) is 5.60 Å². The van der Waals surface area contributed by atoms with E-state index in [9.17, 15) is 0 Å². The molecule has 4 rings (SSSR count). The smallest absolute Gasteiger partial charge is 0.180 e. The van der Waals surface area contributed by atoms with Crippen LogP contribution in [0, 0.1) is 0 Å². The van der Waals surface area contributed by atoms with Crippen LogP contribution in [0.1, 0.15) is 49.5 Å². The van der Waals surface area contributed by atoms with Crippen molar-refractivity contribution >= 4 is 16.5 Å². The molecule has 0 atom stereocenters. The van der Waals surface area contributed by atoms with Crippen molar-refractivity contribution in [1.82, 2.24) is 4.98 Å². The van der Waals surface area contributed by atoms with Gasteiger partial charge in [-0.25, -0.2) is 4.98 Å². The van der Waals surface area contributed by atoms with Gasteiger partial charge in [0.05, 0.1) is 10.6 Å². The molecule has 0 amide bonds. The monoisotopic (exact) mass is 300 g/mol. The Morgan fingerprint density at radius 3 is 2.86 bits per heavy atom. The van der Waals surface area contributed by atoms with Crippen LogP contribution in [0.15, 0.2) is 18.2 Å². The molecule has 1 spiro atoms. The minimum absolute atomic E-state index is 0.177. The number of aryl methyl sites for hydroxylation is 1. The van der Waals surface area contributed by atoms with E-state index in [0.717, 1.165) is 36.3 Å². The summed E-state index contributed by atoms with van der Waals surface area (Å²) in [6.45, 7) is 2.17. The lowest BCUT2D eigenvalue weighted by molar-refractivity contribution is 0.0273. The Labute approximate surface area is 129 Å².